The highest BCUT2D eigenvalue weighted by atomic mass is 16.2. The zero-order valence-corrected chi connectivity index (χ0v) is 29.0. The summed E-state index contributed by atoms with van der Waals surface area (Å²) in [5.41, 5.74) is 7.51. The van der Waals surface area contributed by atoms with E-state index in [0.717, 1.165) is 77.0 Å². The highest BCUT2D eigenvalue weighted by Crippen LogP contribution is 2.43. The molecule has 3 N–H and O–H groups in total. The molecule has 0 aliphatic heterocycles. The van der Waals surface area contributed by atoms with E-state index in [2.05, 4.69) is 65.6 Å². The summed E-state index contributed by atoms with van der Waals surface area (Å²) in [7, 11) is 0. The summed E-state index contributed by atoms with van der Waals surface area (Å²) in [5.74, 6) is 1.93. The smallest absolute Gasteiger partial charge is 0.254 e. The van der Waals surface area contributed by atoms with Gasteiger partial charge in [-0.25, -0.2) is 0 Å². The van der Waals surface area contributed by atoms with Crippen molar-refractivity contribution >= 4 is 23.4 Å². The number of carbonyl (C=O) groups excluding carboxylic acids is 3. The van der Waals surface area contributed by atoms with Crippen LogP contribution in [0.5, 0.6) is 0 Å². The molecule has 0 spiro atoms. The quantitative estimate of drug-likeness (QED) is 0.324. The molecule has 1 aromatic carbocycles. The van der Waals surface area contributed by atoms with Crippen LogP contribution in [0.4, 0.5) is 5.69 Å². The number of primary amides is 1. The minimum Gasteiger partial charge on any atom is -0.366 e. The number of hydrogen-bond acceptors (Lipinski definition) is 3. The molecule has 1 aromatic rings. The fraction of sp³-hybridized carbons (Fsp3) is 0.763. The first-order chi connectivity index (χ1) is 20.5. The van der Waals surface area contributed by atoms with Gasteiger partial charge in [-0.1, -0.05) is 55.4 Å². The topological polar surface area (TPSA) is 92.5 Å². The molecular formula is C38H61N3O3. The third-order valence-corrected chi connectivity index (χ3v) is 11.7. The normalized spacial score (nSPS) is 28.4. The lowest BCUT2D eigenvalue weighted by Crippen LogP contribution is -2.50. The second kappa shape index (κ2) is 14.0. The Bertz CT molecular complexity index is 1120. The Hall–Kier alpha value is -2.37. The van der Waals surface area contributed by atoms with Crippen LogP contribution in [0, 0.1) is 40.4 Å². The van der Waals surface area contributed by atoms with E-state index in [1.165, 1.54) is 0 Å². The third kappa shape index (κ3) is 8.46. The fourth-order valence-corrected chi connectivity index (χ4v) is 8.48. The van der Waals surface area contributed by atoms with E-state index < -0.39 is 5.91 Å². The maximum Gasteiger partial charge on any atom is 0.254 e. The lowest BCUT2D eigenvalue weighted by Gasteiger charge is -2.47. The second-order valence-electron chi connectivity index (χ2n) is 17.0. The molecule has 3 amide bonds. The standard InChI is InChI=1S/C38H61N3O3/c1-24(2)25-9-11-26(12-10-25)35(43)40-31-22-27(34(39)42)21-28(23-31)36(44)41(32-17-13-29(14-18-32)37(3,4)5)33-19-15-30(16-20-33)38(6,7)8/h21-26,29-30,32-33H,9-20H2,1-8H3,(H2,39,42)(H,40,43)/t25?,26?,29-,30-,32+,33+. The Morgan fingerprint density at radius 3 is 1.57 bits per heavy atom. The van der Waals surface area contributed by atoms with Crippen LogP contribution in [0.15, 0.2) is 18.2 Å². The average Bonchev–Trinajstić information content (AvgIpc) is 2.96. The van der Waals surface area contributed by atoms with E-state index >= 15 is 0 Å². The van der Waals surface area contributed by atoms with Crippen molar-refractivity contribution in [2.24, 2.45) is 46.2 Å². The van der Waals surface area contributed by atoms with Crippen molar-refractivity contribution < 1.29 is 14.4 Å². The summed E-state index contributed by atoms with van der Waals surface area (Å²) in [4.78, 5) is 42.5. The number of benzene rings is 1. The predicted octanol–water partition coefficient (Wildman–Crippen LogP) is 8.84. The van der Waals surface area contributed by atoms with Gasteiger partial charge in [0.05, 0.1) is 0 Å². The van der Waals surface area contributed by atoms with Gasteiger partial charge in [0.15, 0.2) is 0 Å². The van der Waals surface area contributed by atoms with E-state index in [0.29, 0.717) is 34.9 Å². The summed E-state index contributed by atoms with van der Waals surface area (Å²) in [6, 6.07) is 5.42. The lowest BCUT2D eigenvalue weighted by molar-refractivity contribution is -0.121. The van der Waals surface area contributed by atoms with E-state index in [4.69, 9.17) is 5.73 Å². The molecule has 0 heterocycles. The van der Waals surface area contributed by atoms with Crippen LogP contribution in [0.3, 0.4) is 0 Å². The SMILES string of the molecule is CC(C)C1CCC(C(=O)Nc2cc(C(N)=O)cc(C(=O)N([C@H]3CC[C@@H](C(C)(C)C)CC3)[C@H]3CC[C@@H](C(C)(C)C)CC3)c2)CC1. The molecule has 0 atom stereocenters. The molecule has 0 saturated heterocycles. The second-order valence-corrected chi connectivity index (χ2v) is 17.0. The largest absolute Gasteiger partial charge is 0.366 e. The van der Waals surface area contributed by atoms with E-state index in [1.54, 1.807) is 18.2 Å². The predicted molar refractivity (Wildman–Crippen MR) is 180 cm³/mol. The van der Waals surface area contributed by atoms with Gasteiger partial charge in [-0.2, -0.15) is 0 Å². The number of nitrogens with zero attached hydrogens (tertiary/aromatic N) is 1. The fourth-order valence-electron chi connectivity index (χ4n) is 8.48. The Labute approximate surface area is 267 Å². The molecule has 44 heavy (non-hydrogen) atoms. The van der Waals surface area contributed by atoms with Gasteiger partial charge in [-0.05, 0) is 130 Å². The number of nitrogens with two attached hydrogens (primary N) is 1. The molecule has 0 unspecified atom stereocenters. The molecule has 3 aliphatic carbocycles. The molecule has 0 radical (unpaired) electrons. The molecular weight excluding hydrogens is 546 g/mol. The third-order valence-electron chi connectivity index (χ3n) is 11.7. The maximum absolute atomic E-state index is 14.6. The van der Waals surface area contributed by atoms with Gasteiger partial charge in [0, 0.05) is 34.8 Å². The van der Waals surface area contributed by atoms with Crippen LogP contribution in [-0.2, 0) is 4.79 Å². The first-order valence-corrected chi connectivity index (χ1v) is 17.6. The molecule has 3 saturated carbocycles. The first kappa shape index (κ1) is 34.5. The average molecular weight is 608 g/mol. The minimum atomic E-state index is -0.587. The summed E-state index contributed by atoms with van der Waals surface area (Å²) >= 11 is 0. The van der Waals surface area contributed by atoms with Gasteiger partial charge in [0.1, 0.15) is 0 Å². The van der Waals surface area contributed by atoms with Crippen molar-refractivity contribution in [1.82, 2.24) is 4.90 Å². The van der Waals surface area contributed by atoms with E-state index in [1.807, 2.05) is 0 Å². The highest BCUT2D eigenvalue weighted by molar-refractivity contribution is 6.02. The first-order valence-electron chi connectivity index (χ1n) is 17.6. The summed E-state index contributed by atoms with van der Waals surface area (Å²) in [6.45, 7) is 18.5. The Kier molecular flexibility index (Phi) is 10.9. The van der Waals surface area contributed by atoms with Gasteiger partial charge in [-0.3, -0.25) is 14.4 Å². The van der Waals surface area contributed by atoms with Crippen molar-refractivity contribution in [3.8, 4) is 0 Å². The highest BCUT2D eigenvalue weighted by Gasteiger charge is 2.40. The van der Waals surface area contributed by atoms with Crippen LogP contribution in [0.1, 0.15) is 153 Å². The van der Waals surface area contributed by atoms with Crippen molar-refractivity contribution in [3.63, 3.8) is 0 Å². The van der Waals surface area contributed by atoms with Crippen molar-refractivity contribution in [2.45, 2.75) is 145 Å². The summed E-state index contributed by atoms with van der Waals surface area (Å²) in [5, 5.41) is 3.07. The van der Waals surface area contributed by atoms with Crippen molar-refractivity contribution in [2.75, 3.05) is 5.32 Å². The molecule has 246 valence electrons. The van der Waals surface area contributed by atoms with Crippen LogP contribution in [-0.4, -0.2) is 34.7 Å². The lowest BCUT2D eigenvalue weighted by atomic mass is 9.69. The zero-order chi connectivity index (χ0) is 32.4. The van der Waals surface area contributed by atoms with Gasteiger partial charge >= 0.3 is 0 Å². The molecule has 6 heteroatoms. The van der Waals surface area contributed by atoms with Crippen LogP contribution < -0.4 is 11.1 Å². The number of amides is 3. The van der Waals surface area contributed by atoms with Crippen LogP contribution in [0.25, 0.3) is 0 Å². The molecule has 3 aliphatic rings. The van der Waals surface area contributed by atoms with Crippen LogP contribution in [0.2, 0.25) is 0 Å². The number of anilines is 1. The summed E-state index contributed by atoms with van der Waals surface area (Å²) in [6.07, 6.45) is 12.4. The minimum absolute atomic E-state index is 0.0231. The van der Waals surface area contributed by atoms with Gasteiger partial charge in [0.25, 0.3) is 5.91 Å². The number of rotatable bonds is 7. The Balaban J connectivity index is 1.58. The Morgan fingerprint density at radius 1 is 0.705 bits per heavy atom. The molecule has 0 bridgehead atoms. The monoisotopic (exact) mass is 607 g/mol. The van der Waals surface area contributed by atoms with Gasteiger partial charge in [-0.15, -0.1) is 0 Å². The zero-order valence-electron chi connectivity index (χ0n) is 29.0. The number of carbonyl (C=O) groups is 3. The maximum atomic E-state index is 14.6. The molecule has 3 fully saturated rings. The van der Waals surface area contributed by atoms with E-state index in [-0.39, 0.29) is 46.2 Å². The van der Waals surface area contributed by atoms with Gasteiger partial charge < -0.3 is 16.0 Å². The van der Waals surface area contributed by atoms with Crippen LogP contribution >= 0.6 is 0 Å². The number of hydrogen-bond donors (Lipinski definition) is 2. The summed E-state index contributed by atoms with van der Waals surface area (Å²) < 4.78 is 0. The van der Waals surface area contributed by atoms with Crippen molar-refractivity contribution in [1.29, 1.82) is 0 Å². The van der Waals surface area contributed by atoms with Gasteiger partial charge in [0.2, 0.25) is 11.8 Å². The Morgan fingerprint density at radius 2 is 1.16 bits per heavy atom. The molecule has 6 nitrogen and oxygen atoms in total. The number of nitrogens with one attached hydrogen (secondary N) is 1. The molecule has 0 aromatic heterocycles. The van der Waals surface area contributed by atoms with Crippen molar-refractivity contribution in [3.05, 3.63) is 29.3 Å². The van der Waals surface area contributed by atoms with E-state index in [9.17, 15) is 14.4 Å². The molecule has 4 rings (SSSR count).